The molecule has 1 aromatic heterocycles. The molecular formula is C13H12O6. The fraction of sp³-hybridized carbons (Fsp3) is 0.308. The van der Waals surface area contributed by atoms with Gasteiger partial charge in [0.1, 0.15) is 17.1 Å². The first kappa shape index (κ1) is 12.0. The van der Waals surface area contributed by atoms with Crippen molar-refractivity contribution in [3.05, 3.63) is 34.2 Å². The smallest absolute Gasteiger partial charge is 0.336 e. The van der Waals surface area contributed by atoms with Gasteiger partial charge in [0.2, 0.25) is 0 Å². The van der Waals surface area contributed by atoms with E-state index in [1.807, 2.05) is 0 Å². The van der Waals surface area contributed by atoms with E-state index >= 15 is 0 Å². The molecule has 0 bridgehead atoms. The van der Waals surface area contributed by atoms with Gasteiger partial charge in [0.15, 0.2) is 6.29 Å². The molecule has 1 aliphatic rings. The van der Waals surface area contributed by atoms with E-state index in [0.717, 1.165) is 0 Å². The molecule has 100 valence electrons. The van der Waals surface area contributed by atoms with Crippen LogP contribution in [0.5, 0.6) is 11.5 Å². The molecule has 1 fully saturated rings. The van der Waals surface area contributed by atoms with E-state index in [-0.39, 0.29) is 11.3 Å². The molecule has 1 aliphatic heterocycles. The number of ether oxygens (including phenoxy) is 3. The second-order valence-electron chi connectivity index (χ2n) is 4.11. The quantitative estimate of drug-likeness (QED) is 0.829. The second-order valence-corrected chi connectivity index (χ2v) is 4.11. The highest BCUT2D eigenvalue weighted by atomic mass is 16.7. The van der Waals surface area contributed by atoms with Gasteiger partial charge < -0.3 is 23.7 Å². The van der Waals surface area contributed by atoms with Gasteiger partial charge in [-0.2, -0.15) is 0 Å². The van der Waals surface area contributed by atoms with Crippen LogP contribution in [0.2, 0.25) is 0 Å². The summed E-state index contributed by atoms with van der Waals surface area (Å²) in [7, 11) is 1.46. The number of fused-ring (bicyclic) bond motifs is 1. The Morgan fingerprint density at radius 1 is 1.26 bits per heavy atom. The van der Waals surface area contributed by atoms with Crippen LogP contribution in [0.4, 0.5) is 0 Å². The summed E-state index contributed by atoms with van der Waals surface area (Å²) in [6.07, 6.45) is -0.661. The van der Waals surface area contributed by atoms with Crippen molar-refractivity contribution in [2.45, 2.75) is 6.29 Å². The van der Waals surface area contributed by atoms with Gasteiger partial charge in [-0.1, -0.05) is 0 Å². The van der Waals surface area contributed by atoms with E-state index in [2.05, 4.69) is 0 Å². The first-order valence-electron chi connectivity index (χ1n) is 5.77. The van der Waals surface area contributed by atoms with E-state index in [0.29, 0.717) is 29.9 Å². The Bertz CT molecular complexity index is 669. The lowest BCUT2D eigenvalue weighted by Crippen LogP contribution is -2.06. The van der Waals surface area contributed by atoms with Gasteiger partial charge in [0, 0.05) is 23.8 Å². The third-order valence-corrected chi connectivity index (χ3v) is 2.94. The molecule has 0 unspecified atom stereocenters. The maximum Gasteiger partial charge on any atom is 0.336 e. The van der Waals surface area contributed by atoms with Crippen LogP contribution in [0.15, 0.2) is 27.4 Å². The molecule has 2 heterocycles. The summed E-state index contributed by atoms with van der Waals surface area (Å²) in [5.41, 5.74) is 0.164. The van der Waals surface area contributed by atoms with Crippen molar-refractivity contribution in [2.75, 3.05) is 20.3 Å². The molecule has 0 radical (unpaired) electrons. The molecule has 0 atom stereocenters. The minimum atomic E-state index is -0.661. The summed E-state index contributed by atoms with van der Waals surface area (Å²) in [6, 6.07) is 4.25. The Morgan fingerprint density at radius 2 is 2.00 bits per heavy atom. The van der Waals surface area contributed by atoms with Crippen molar-refractivity contribution in [2.24, 2.45) is 0 Å². The average Bonchev–Trinajstić information content (AvgIpc) is 2.90. The van der Waals surface area contributed by atoms with E-state index in [1.54, 1.807) is 0 Å². The Hall–Kier alpha value is -2.05. The second kappa shape index (κ2) is 4.56. The fourth-order valence-electron chi connectivity index (χ4n) is 2.13. The Balaban J connectivity index is 2.28. The number of phenolic OH excluding ortho intramolecular Hbond substituents is 1. The van der Waals surface area contributed by atoms with Crippen molar-refractivity contribution >= 4 is 11.0 Å². The van der Waals surface area contributed by atoms with Crippen molar-refractivity contribution < 1.29 is 23.7 Å². The highest BCUT2D eigenvalue weighted by Crippen LogP contribution is 2.36. The normalized spacial score (nSPS) is 16.1. The molecule has 0 amide bonds. The molecule has 19 heavy (non-hydrogen) atoms. The number of phenols is 1. The first-order chi connectivity index (χ1) is 9.19. The van der Waals surface area contributed by atoms with Gasteiger partial charge in [-0.25, -0.2) is 4.79 Å². The van der Waals surface area contributed by atoms with Crippen LogP contribution in [0.1, 0.15) is 11.9 Å². The summed E-state index contributed by atoms with van der Waals surface area (Å²) < 4.78 is 20.8. The number of hydrogen-bond donors (Lipinski definition) is 1. The van der Waals surface area contributed by atoms with Gasteiger partial charge >= 0.3 is 5.63 Å². The van der Waals surface area contributed by atoms with Crippen molar-refractivity contribution in [1.29, 1.82) is 0 Å². The van der Waals surface area contributed by atoms with Crippen LogP contribution < -0.4 is 10.4 Å². The van der Waals surface area contributed by atoms with E-state index < -0.39 is 11.9 Å². The number of hydrogen-bond acceptors (Lipinski definition) is 6. The van der Waals surface area contributed by atoms with Crippen LogP contribution in [-0.4, -0.2) is 25.4 Å². The number of rotatable bonds is 2. The Kier molecular flexibility index (Phi) is 2.88. The van der Waals surface area contributed by atoms with Gasteiger partial charge in [0.05, 0.1) is 25.7 Å². The third-order valence-electron chi connectivity index (χ3n) is 2.94. The minimum Gasteiger partial charge on any atom is -0.507 e. The summed E-state index contributed by atoms with van der Waals surface area (Å²) in [4.78, 5) is 11.6. The lowest BCUT2D eigenvalue weighted by molar-refractivity contribution is -0.0433. The Morgan fingerprint density at radius 3 is 2.68 bits per heavy atom. The SMILES string of the molecule is COc1cc(O)c2c(C3OCCO3)cc(=O)oc2c1. The topological polar surface area (TPSA) is 78.1 Å². The summed E-state index contributed by atoms with van der Waals surface area (Å²) >= 11 is 0. The van der Waals surface area contributed by atoms with Gasteiger partial charge in [0.25, 0.3) is 0 Å². The maximum atomic E-state index is 11.6. The van der Waals surface area contributed by atoms with Crippen LogP contribution in [0.25, 0.3) is 11.0 Å². The first-order valence-corrected chi connectivity index (χ1v) is 5.77. The Labute approximate surface area is 108 Å². The molecule has 1 N–H and O–H groups in total. The number of benzene rings is 1. The number of methoxy groups -OCH3 is 1. The standard InChI is InChI=1S/C13H12O6/c1-16-7-4-9(14)12-8(13-17-2-3-18-13)6-11(15)19-10(12)5-7/h4-6,13-14H,2-3H2,1H3. The zero-order valence-electron chi connectivity index (χ0n) is 10.2. The molecule has 0 spiro atoms. The van der Waals surface area contributed by atoms with Crippen LogP contribution >= 0.6 is 0 Å². The highest BCUT2D eigenvalue weighted by Gasteiger charge is 2.24. The maximum absolute atomic E-state index is 11.6. The monoisotopic (exact) mass is 264 g/mol. The third kappa shape index (κ3) is 2.05. The highest BCUT2D eigenvalue weighted by molar-refractivity contribution is 5.88. The van der Waals surface area contributed by atoms with E-state index in [1.165, 1.54) is 25.3 Å². The summed E-state index contributed by atoms with van der Waals surface area (Å²) in [6.45, 7) is 0.895. The zero-order chi connectivity index (χ0) is 13.4. The molecule has 6 nitrogen and oxygen atoms in total. The zero-order valence-corrected chi connectivity index (χ0v) is 10.2. The van der Waals surface area contributed by atoms with Crippen LogP contribution in [-0.2, 0) is 9.47 Å². The molecule has 0 aliphatic carbocycles. The lowest BCUT2D eigenvalue weighted by Gasteiger charge is -2.13. The summed E-state index contributed by atoms with van der Waals surface area (Å²) in [5.74, 6) is 0.353. The average molecular weight is 264 g/mol. The molecule has 3 rings (SSSR count). The van der Waals surface area contributed by atoms with Gasteiger partial charge in [-0.3, -0.25) is 0 Å². The van der Waals surface area contributed by atoms with Crippen LogP contribution in [0.3, 0.4) is 0 Å². The fourth-order valence-corrected chi connectivity index (χ4v) is 2.13. The molecule has 1 saturated heterocycles. The molecule has 0 saturated carbocycles. The van der Waals surface area contributed by atoms with E-state index in [4.69, 9.17) is 18.6 Å². The summed E-state index contributed by atoms with van der Waals surface area (Å²) in [5, 5.41) is 10.5. The molecule has 2 aromatic rings. The van der Waals surface area contributed by atoms with Crippen molar-refractivity contribution in [1.82, 2.24) is 0 Å². The van der Waals surface area contributed by atoms with E-state index in [9.17, 15) is 9.90 Å². The number of aromatic hydroxyl groups is 1. The largest absolute Gasteiger partial charge is 0.507 e. The predicted molar refractivity (Wildman–Crippen MR) is 65.3 cm³/mol. The van der Waals surface area contributed by atoms with Gasteiger partial charge in [-0.05, 0) is 0 Å². The predicted octanol–water partition coefficient (Wildman–Crippen LogP) is 1.55. The molecule has 1 aromatic carbocycles. The minimum absolute atomic E-state index is 0.0489. The molecule has 6 heteroatoms. The lowest BCUT2D eigenvalue weighted by atomic mass is 10.1. The van der Waals surface area contributed by atoms with Crippen molar-refractivity contribution in [3.8, 4) is 11.5 Å². The van der Waals surface area contributed by atoms with Crippen molar-refractivity contribution in [3.63, 3.8) is 0 Å². The van der Waals surface area contributed by atoms with Gasteiger partial charge in [-0.15, -0.1) is 0 Å². The van der Waals surface area contributed by atoms with Crippen LogP contribution in [0, 0.1) is 0 Å². The molecular weight excluding hydrogens is 252 g/mol.